The minimum Gasteiger partial charge on any atom is -0.382 e. The third-order valence-electron chi connectivity index (χ3n) is 3.80. The van der Waals surface area contributed by atoms with Crippen LogP contribution in [0.25, 0.3) is 0 Å². The van der Waals surface area contributed by atoms with Crippen molar-refractivity contribution in [3.8, 4) is 0 Å². The Hall–Kier alpha value is -1.30. The number of nitrogens with zero attached hydrogens (tertiary/aromatic N) is 2. The molecule has 0 aromatic carbocycles. The number of rotatable bonds is 7. The number of hydrogen-bond donors (Lipinski definition) is 2. The van der Waals surface area contributed by atoms with Crippen molar-refractivity contribution in [2.24, 2.45) is 5.92 Å². The smallest absolute Gasteiger partial charge is 0.265 e. The first-order valence-corrected chi connectivity index (χ1v) is 8.19. The van der Waals surface area contributed by atoms with E-state index < -0.39 is 0 Å². The van der Waals surface area contributed by atoms with Crippen molar-refractivity contribution in [3.05, 3.63) is 4.88 Å². The number of nitrogen functional groups attached to an aromatic ring is 1. The van der Waals surface area contributed by atoms with Crippen LogP contribution in [0.1, 0.15) is 48.7 Å². The van der Waals surface area contributed by atoms with Gasteiger partial charge in [-0.15, -0.1) is 0 Å². The number of nitrogens with two attached hydrogens (primary N) is 1. The van der Waals surface area contributed by atoms with E-state index in [1.807, 2.05) is 11.9 Å². The number of aromatic nitrogens is 1. The van der Waals surface area contributed by atoms with E-state index in [2.05, 4.69) is 17.2 Å². The molecule has 1 amide bonds. The first kappa shape index (κ1) is 15.1. The average molecular weight is 296 g/mol. The van der Waals surface area contributed by atoms with Crippen molar-refractivity contribution >= 4 is 28.2 Å². The zero-order valence-electron chi connectivity index (χ0n) is 12.3. The SMILES string of the molecule is CCCN(C)c1nc(N)c(C(=O)NCCC2CCC2)s1. The second kappa shape index (κ2) is 6.92. The predicted molar refractivity (Wildman–Crippen MR) is 84.4 cm³/mol. The molecule has 1 aliphatic rings. The first-order chi connectivity index (χ1) is 9.61. The van der Waals surface area contributed by atoms with Gasteiger partial charge in [0.15, 0.2) is 5.13 Å². The highest BCUT2D eigenvalue weighted by Gasteiger charge is 2.20. The van der Waals surface area contributed by atoms with Crippen LogP contribution in [0.5, 0.6) is 0 Å². The van der Waals surface area contributed by atoms with Gasteiger partial charge in [0.1, 0.15) is 10.7 Å². The lowest BCUT2D eigenvalue weighted by Crippen LogP contribution is -2.27. The number of carbonyl (C=O) groups is 1. The summed E-state index contributed by atoms with van der Waals surface area (Å²) in [4.78, 5) is 19.0. The van der Waals surface area contributed by atoms with Crippen LogP contribution in [-0.2, 0) is 0 Å². The molecule has 1 fully saturated rings. The maximum Gasteiger partial charge on any atom is 0.265 e. The highest BCUT2D eigenvalue weighted by atomic mass is 32.1. The molecular formula is C14H24N4OS. The fourth-order valence-corrected chi connectivity index (χ4v) is 3.22. The zero-order valence-corrected chi connectivity index (χ0v) is 13.1. The molecule has 0 atom stereocenters. The molecule has 5 nitrogen and oxygen atoms in total. The number of carbonyl (C=O) groups excluding carboxylic acids is 1. The molecule has 0 unspecified atom stereocenters. The highest BCUT2D eigenvalue weighted by molar-refractivity contribution is 7.18. The molecule has 112 valence electrons. The van der Waals surface area contributed by atoms with Gasteiger partial charge in [0.25, 0.3) is 5.91 Å². The van der Waals surface area contributed by atoms with Gasteiger partial charge in [0.05, 0.1) is 0 Å². The van der Waals surface area contributed by atoms with E-state index in [0.717, 1.165) is 37.0 Å². The van der Waals surface area contributed by atoms with E-state index in [4.69, 9.17) is 5.73 Å². The summed E-state index contributed by atoms with van der Waals surface area (Å²) >= 11 is 1.37. The summed E-state index contributed by atoms with van der Waals surface area (Å²) in [6.45, 7) is 3.76. The Morgan fingerprint density at radius 3 is 2.90 bits per heavy atom. The minimum absolute atomic E-state index is 0.0875. The van der Waals surface area contributed by atoms with Crippen LogP contribution in [0.3, 0.4) is 0 Å². The second-order valence-electron chi connectivity index (χ2n) is 5.47. The van der Waals surface area contributed by atoms with Gasteiger partial charge in [0.2, 0.25) is 0 Å². The standard InChI is InChI=1S/C14H24N4OS/c1-3-9-18(2)14-17-12(15)11(20-14)13(19)16-8-7-10-5-4-6-10/h10H,3-9,15H2,1-2H3,(H,16,19). The van der Waals surface area contributed by atoms with Crippen LogP contribution in [0.2, 0.25) is 0 Å². The van der Waals surface area contributed by atoms with Crippen LogP contribution in [0.15, 0.2) is 0 Å². The first-order valence-electron chi connectivity index (χ1n) is 7.37. The fourth-order valence-electron chi connectivity index (χ4n) is 2.33. The summed E-state index contributed by atoms with van der Waals surface area (Å²) in [5.74, 6) is 1.06. The van der Waals surface area contributed by atoms with E-state index in [1.54, 1.807) is 0 Å². The molecule has 0 bridgehead atoms. The molecule has 0 radical (unpaired) electrons. The fraction of sp³-hybridized carbons (Fsp3) is 0.714. The van der Waals surface area contributed by atoms with Crippen molar-refractivity contribution in [2.75, 3.05) is 30.8 Å². The normalized spacial score (nSPS) is 14.9. The van der Waals surface area contributed by atoms with Gasteiger partial charge in [0, 0.05) is 20.1 Å². The molecule has 1 heterocycles. The Bertz CT molecular complexity index is 456. The van der Waals surface area contributed by atoms with Crippen LogP contribution < -0.4 is 16.0 Å². The number of nitrogens with one attached hydrogen (secondary N) is 1. The molecule has 6 heteroatoms. The summed E-state index contributed by atoms with van der Waals surface area (Å²) in [5, 5.41) is 3.77. The van der Waals surface area contributed by atoms with Gasteiger partial charge >= 0.3 is 0 Å². The van der Waals surface area contributed by atoms with E-state index in [9.17, 15) is 4.79 Å². The van der Waals surface area contributed by atoms with Crippen molar-refractivity contribution in [3.63, 3.8) is 0 Å². The quantitative estimate of drug-likeness (QED) is 0.811. The maximum atomic E-state index is 12.1. The van der Waals surface area contributed by atoms with Crippen LogP contribution >= 0.6 is 11.3 Å². The van der Waals surface area contributed by atoms with Crippen molar-refractivity contribution in [1.29, 1.82) is 0 Å². The van der Waals surface area contributed by atoms with Gasteiger partial charge in [-0.25, -0.2) is 4.98 Å². The topological polar surface area (TPSA) is 71.2 Å². The molecule has 20 heavy (non-hydrogen) atoms. The molecule has 1 aromatic heterocycles. The molecule has 0 aliphatic heterocycles. The number of hydrogen-bond acceptors (Lipinski definition) is 5. The molecule has 1 saturated carbocycles. The van der Waals surface area contributed by atoms with E-state index in [1.165, 1.54) is 30.6 Å². The Balaban J connectivity index is 1.88. The Morgan fingerprint density at radius 1 is 1.55 bits per heavy atom. The molecule has 3 N–H and O–H groups in total. The molecule has 0 saturated heterocycles. The van der Waals surface area contributed by atoms with E-state index >= 15 is 0 Å². The third kappa shape index (κ3) is 3.62. The Kier molecular flexibility index (Phi) is 5.23. The lowest BCUT2D eigenvalue weighted by atomic mass is 9.83. The Morgan fingerprint density at radius 2 is 2.30 bits per heavy atom. The second-order valence-corrected chi connectivity index (χ2v) is 6.45. The zero-order chi connectivity index (χ0) is 14.5. The van der Waals surface area contributed by atoms with Gasteiger partial charge in [-0.05, 0) is 18.8 Å². The predicted octanol–water partition coefficient (Wildman–Crippen LogP) is 2.49. The molecule has 1 aliphatic carbocycles. The van der Waals surface area contributed by atoms with Gasteiger partial charge in [-0.3, -0.25) is 4.79 Å². The summed E-state index contributed by atoms with van der Waals surface area (Å²) in [5.41, 5.74) is 5.86. The van der Waals surface area contributed by atoms with Crippen molar-refractivity contribution < 1.29 is 4.79 Å². The highest BCUT2D eigenvalue weighted by Crippen LogP contribution is 2.29. The molecule has 1 aromatic rings. The van der Waals surface area contributed by atoms with E-state index in [-0.39, 0.29) is 5.91 Å². The van der Waals surface area contributed by atoms with Crippen molar-refractivity contribution in [1.82, 2.24) is 10.3 Å². The van der Waals surface area contributed by atoms with Crippen LogP contribution in [0.4, 0.5) is 10.9 Å². The summed E-state index contributed by atoms with van der Waals surface area (Å²) in [6, 6.07) is 0. The number of amides is 1. The maximum absolute atomic E-state index is 12.1. The summed E-state index contributed by atoms with van der Waals surface area (Å²) in [6.07, 6.45) is 6.08. The monoisotopic (exact) mass is 296 g/mol. The molecule has 2 rings (SSSR count). The largest absolute Gasteiger partial charge is 0.382 e. The molecular weight excluding hydrogens is 272 g/mol. The lowest BCUT2D eigenvalue weighted by Gasteiger charge is -2.25. The van der Waals surface area contributed by atoms with Gasteiger partial charge in [-0.2, -0.15) is 0 Å². The number of anilines is 2. The van der Waals surface area contributed by atoms with Gasteiger partial charge < -0.3 is 16.0 Å². The van der Waals surface area contributed by atoms with Gasteiger partial charge in [-0.1, -0.05) is 37.5 Å². The third-order valence-corrected chi connectivity index (χ3v) is 4.98. The Labute approximate surface area is 124 Å². The van der Waals surface area contributed by atoms with Crippen molar-refractivity contribution in [2.45, 2.75) is 39.0 Å². The number of thiazole rings is 1. The average Bonchev–Trinajstić information content (AvgIpc) is 2.75. The minimum atomic E-state index is -0.0875. The van der Waals surface area contributed by atoms with Crippen LogP contribution in [0, 0.1) is 5.92 Å². The lowest BCUT2D eigenvalue weighted by molar-refractivity contribution is 0.0953. The molecule has 0 spiro atoms. The summed E-state index contributed by atoms with van der Waals surface area (Å²) < 4.78 is 0. The van der Waals surface area contributed by atoms with E-state index in [0.29, 0.717) is 10.7 Å². The summed E-state index contributed by atoms with van der Waals surface area (Å²) in [7, 11) is 1.97. The van der Waals surface area contributed by atoms with Crippen LogP contribution in [-0.4, -0.2) is 31.0 Å².